The predicted octanol–water partition coefficient (Wildman–Crippen LogP) is 3.79. The summed E-state index contributed by atoms with van der Waals surface area (Å²) < 4.78 is 5.18. The fourth-order valence-electron chi connectivity index (χ4n) is 2.06. The van der Waals surface area contributed by atoms with E-state index in [2.05, 4.69) is 15.1 Å². The normalized spacial score (nSPS) is 11.1. The molecule has 2 aromatic rings. The van der Waals surface area contributed by atoms with Crippen molar-refractivity contribution in [2.45, 2.75) is 32.8 Å². The van der Waals surface area contributed by atoms with Gasteiger partial charge in [-0.3, -0.25) is 0 Å². The van der Waals surface area contributed by atoms with E-state index in [1.165, 1.54) is 0 Å². The summed E-state index contributed by atoms with van der Waals surface area (Å²) in [6, 6.07) is 5.56. The van der Waals surface area contributed by atoms with E-state index in [1.807, 2.05) is 39.1 Å². The van der Waals surface area contributed by atoms with Gasteiger partial charge in [0.1, 0.15) is 5.60 Å². The minimum Gasteiger partial charge on any atom is -0.444 e. The zero-order valence-electron chi connectivity index (χ0n) is 12.5. The van der Waals surface area contributed by atoms with Gasteiger partial charge in [-0.1, -0.05) is 12.1 Å². The predicted molar refractivity (Wildman–Crippen MR) is 82.5 cm³/mol. The highest BCUT2D eigenvalue weighted by Crippen LogP contribution is 2.23. The van der Waals surface area contributed by atoms with Gasteiger partial charge in [0.05, 0.1) is 6.57 Å². The van der Waals surface area contributed by atoms with Crippen LogP contribution in [0.15, 0.2) is 24.4 Å². The number of H-pyrrole nitrogens is 1. The lowest BCUT2D eigenvalue weighted by molar-refractivity contribution is 0.0528. The number of rotatable bonds is 3. The number of carbonyl (C=O) groups is 1. The Morgan fingerprint density at radius 1 is 1.43 bits per heavy atom. The van der Waals surface area contributed by atoms with Crippen LogP contribution in [-0.2, 0) is 11.2 Å². The molecule has 1 heterocycles. The number of hydrogen-bond donors (Lipinski definition) is 2. The Kier molecular flexibility index (Phi) is 4.18. The first kappa shape index (κ1) is 14.9. The molecule has 1 aromatic carbocycles. The Balaban J connectivity index is 1.95. The van der Waals surface area contributed by atoms with Crippen LogP contribution in [0, 0.1) is 6.57 Å². The largest absolute Gasteiger partial charge is 0.444 e. The van der Waals surface area contributed by atoms with Crippen molar-refractivity contribution >= 4 is 22.7 Å². The number of aromatic amines is 1. The lowest BCUT2D eigenvalue weighted by Gasteiger charge is -2.19. The number of benzene rings is 1. The highest BCUT2D eigenvalue weighted by molar-refractivity contribution is 5.86. The van der Waals surface area contributed by atoms with Gasteiger partial charge in [-0.25, -0.2) is 9.64 Å². The van der Waals surface area contributed by atoms with E-state index >= 15 is 0 Å². The summed E-state index contributed by atoms with van der Waals surface area (Å²) in [4.78, 5) is 18.1. The van der Waals surface area contributed by atoms with E-state index in [0.29, 0.717) is 18.7 Å². The van der Waals surface area contributed by atoms with Gasteiger partial charge in [0.15, 0.2) is 5.69 Å². The molecule has 0 aliphatic rings. The smallest absolute Gasteiger partial charge is 0.407 e. The SMILES string of the molecule is [C-]#[N+]c1ccc2c(CCNC(=O)OC(C)(C)C)c[nH]c2c1. The molecule has 2 rings (SSSR count). The van der Waals surface area contributed by atoms with Gasteiger partial charge >= 0.3 is 6.09 Å². The molecule has 0 saturated carbocycles. The summed E-state index contributed by atoms with van der Waals surface area (Å²) in [5.74, 6) is 0. The molecular formula is C16H19N3O2. The first-order valence-corrected chi connectivity index (χ1v) is 6.83. The van der Waals surface area contributed by atoms with Crippen molar-refractivity contribution in [3.8, 4) is 0 Å². The van der Waals surface area contributed by atoms with E-state index < -0.39 is 11.7 Å². The van der Waals surface area contributed by atoms with E-state index in [0.717, 1.165) is 16.5 Å². The Morgan fingerprint density at radius 3 is 2.86 bits per heavy atom. The third-order valence-corrected chi connectivity index (χ3v) is 2.94. The lowest BCUT2D eigenvalue weighted by atomic mass is 10.1. The standard InChI is InChI=1S/C16H19N3O2/c1-16(2,3)21-15(20)18-8-7-11-10-19-14-9-12(17-4)5-6-13(11)14/h5-6,9-10,19H,7-8H2,1-3H3,(H,18,20). The number of ether oxygens (including phenoxy) is 1. The van der Waals surface area contributed by atoms with Gasteiger partial charge < -0.3 is 15.0 Å². The number of hydrogen-bond acceptors (Lipinski definition) is 2. The Hall–Kier alpha value is -2.48. The van der Waals surface area contributed by atoms with E-state index in [4.69, 9.17) is 11.3 Å². The Labute approximate surface area is 124 Å². The maximum atomic E-state index is 11.6. The molecule has 5 heteroatoms. The summed E-state index contributed by atoms with van der Waals surface area (Å²) >= 11 is 0. The van der Waals surface area contributed by atoms with Crippen LogP contribution in [0.2, 0.25) is 0 Å². The van der Waals surface area contributed by atoms with Gasteiger partial charge in [0.25, 0.3) is 0 Å². The van der Waals surface area contributed by atoms with Crippen LogP contribution in [0.1, 0.15) is 26.3 Å². The summed E-state index contributed by atoms with van der Waals surface area (Å²) in [6.45, 7) is 13.0. The van der Waals surface area contributed by atoms with Crippen molar-refractivity contribution in [2.75, 3.05) is 6.54 Å². The van der Waals surface area contributed by atoms with Crippen molar-refractivity contribution in [1.29, 1.82) is 0 Å². The van der Waals surface area contributed by atoms with Crippen molar-refractivity contribution in [2.24, 2.45) is 0 Å². The van der Waals surface area contributed by atoms with E-state index in [1.54, 1.807) is 6.07 Å². The molecule has 0 radical (unpaired) electrons. The highest BCUT2D eigenvalue weighted by Gasteiger charge is 2.15. The molecule has 0 unspecified atom stereocenters. The topological polar surface area (TPSA) is 58.5 Å². The van der Waals surface area contributed by atoms with Crippen LogP contribution in [0.25, 0.3) is 15.7 Å². The molecule has 21 heavy (non-hydrogen) atoms. The number of amides is 1. The molecule has 0 atom stereocenters. The molecule has 5 nitrogen and oxygen atoms in total. The molecular weight excluding hydrogens is 266 g/mol. The molecule has 0 saturated heterocycles. The van der Waals surface area contributed by atoms with Crippen LogP contribution in [0.4, 0.5) is 10.5 Å². The number of nitrogens with zero attached hydrogens (tertiary/aromatic N) is 1. The second kappa shape index (κ2) is 5.88. The minimum atomic E-state index is -0.485. The molecule has 0 fully saturated rings. The monoisotopic (exact) mass is 285 g/mol. The average molecular weight is 285 g/mol. The molecule has 1 aromatic heterocycles. The zero-order valence-corrected chi connectivity index (χ0v) is 12.5. The Bertz CT molecular complexity index is 690. The van der Waals surface area contributed by atoms with Gasteiger partial charge in [-0.15, -0.1) is 0 Å². The van der Waals surface area contributed by atoms with Crippen molar-refractivity contribution in [3.05, 3.63) is 41.4 Å². The molecule has 110 valence electrons. The summed E-state index contributed by atoms with van der Waals surface area (Å²) in [5, 5.41) is 3.82. The van der Waals surface area contributed by atoms with Gasteiger partial charge in [0, 0.05) is 23.6 Å². The van der Waals surface area contributed by atoms with Crippen molar-refractivity contribution < 1.29 is 9.53 Å². The summed E-state index contributed by atoms with van der Waals surface area (Å²) in [6.07, 6.45) is 2.21. The van der Waals surface area contributed by atoms with Crippen LogP contribution in [-0.4, -0.2) is 23.2 Å². The third kappa shape index (κ3) is 3.99. The molecule has 0 aliphatic carbocycles. The highest BCUT2D eigenvalue weighted by atomic mass is 16.6. The van der Waals surface area contributed by atoms with E-state index in [-0.39, 0.29) is 0 Å². The molecule has 1 amide bonds. The van der Waals surface area contributed by atoms with Gasteiger partial charge in [-0.05, 0) is 38.8 Å². The molecule has 0 aliphatic heterocycles. The van der Waals surface area contributed by atoms with Crippen molar-refractivity contribution in [3.63, 3.8) is 0 Å². The fourth-order valence-corrected chi connectivity index (χ4v) is 2.06. The second-order valence-corrected chi connectivity index (χ2v) is 5.83. The number of nitrogens with one attached hydrogen (secondary N) is 2. The first-order valence-electron chi connectivity index (χ1n) is 6.83. The van der Waals surface area contributed by atoms with Gasteiger partial charge in [-0.2, -0.15) is 0 Å². The lowest BCUT2D eigenvalue weighted by Crippen LogP contribution is -2.33. The Morgan fingerprint density at radius 2 is 2.19 bits per heavy atom. The number of carbonyl (C=O) groups excluding carboxylic acids is 1. The number of alkyl carbamates (subject to hydrolysis) is 1. The van der Waals surface area contributed by atoms with Crippen LogP contribution in [0.3, 0.4) is 0 Å². The number of fused-ring (bicyclic) bond motifs is 1. The van der Waals surface area contributed by atoms with Gasteiger partial charge in [0.2, 0.25) is 0 Å². The minimum absolute atomic E-state index is 0.405. The van der Waals surface area contributed by atoms with Crippen LogP contribution < -0.4 is 5.32 Å². The number of aromatic nitrogens is 1. The van der Waals surface area contributed by atoms with E-state index in [9.17, 15) is 4.79 Å². The quantitative estimate of drug-likeness (QED) is 0.843. The maximum Gasteiger partial charge on any atom is 0.407 e. The summed E-state index contributed by atoms with van der Waals surface area (Å²) in [7, 11) is 0. The van der Waals surface area contributed by atoms with Crippen molar-refractivity contribution in [1.82, 2.24) is 10.3 Å². The summed E-state index contributed by atoms with van der Waals surface area (Å²) in [5.41, 5.74) is 2.18. The molecule has 0 spiro atoms. The van der Waals surface area contributed by atoms with Crippen LogP contribution >= 0.6 is 0 Å². The molecule has 0 bridgehead atoms. The zero-order chi connectivity index (χ0) is 15.5. The first-order chi connectivity index (χ1) is 9.89. The maximum absolute atomic E-state index is 11.6. The second-order valence-electron chi connectivity index (χ2n) is 5.83. The average Bonchev–Trinajstić information content (AvgIpc) is 2.79. The third-order valence-electron chi connectivity index (χ3n) is 2.94. The van der Waals surface area contributed by atoms with Crippen LogP contribution in [0.5, 0.6) is 0 Å². The fraction of sp³-hybridized carbons (Fsp3) is 0.375. The molecule has 2 N–H and O–H groups in total.